The Morgan fingerprint density at radius 2 is 1.67 bits per heavy atom. The molecule has 6 nitrogen and oxygen atoms in total. The Kier molecular flexibility index (Phi) is 8.24. The first-order chi connectivity index (χ1) is 15.9. The van der Waals surface area contributed by atoms with Gasteiger partial charge in [0, 0.05) is 36.6 Å². The number of hydrogen-bond donors (Lipinski definition) is 2. The summed E-state index contributed by atoms with van der Waals surface area (Å²) < 4.78 is 5.63. The van der Waals surface area contributed by atoms with E-state index in [4.69, 9.17) is 4.74 Å². The van der Waals surface area contributed by atoms with Crippen molar-refractivity contribution in [3.63, 3.8) is 0 Å². The predicted octanol–water partition coefficient (Wildman–Crippen LogP) is 4.96. The van der Waals surface area contributed by atoms with Crippen LogP contribution in [0.25, 0.3) is 0 Å². The zero-order chi connectivity index (χ0) is 23.6. The molecule has 0 spiro atoms. The molecule has 2 amide bonds. The predicted molar refractivity (Wildman–Crippen MR) is 133 cm³/mol. The second-order valence-corrected chi connectivity index (χ2v) is 7.90. The Labute approximate surface area is 194 Å². The highest BCUT2D eigenvalue weighted by Gasteiger charge is 2.13. The molecule has 3 aromatic rings. The molecule has 2 N–H and O–H groups in total. The number of anilines is 2. The molecule has 0 aliphatic rings. The molecule has 6 heteroatoms. The average Bonchev–Trinajstić information content (AvgIpc) is 2.82. The molecule has 0 atom stereocenters. The minimum absolute atomic E-state index is 0.0794. The molecule has 0 aromatic heterocycles. The number of nitrogens with zero attached hydrogens (tertiary/aromatic N) is 1. The molecular formula is C27H29N3O3. The van der Waals surface area contributed by atoms with Crippen LogP contribution in [0.4, 0.5) is 11.4 Å². The van der Waals surface area contributed by atoms with Crippen molar-refractivity contribution < 1.29 is 14.3 Å². The van der Waals surface area contributed by atoms with Gasteiger partial charge in [0.25, 0.3) is 5.91 Å². The number of amides is 2. The van der Waals surface area contributed by atoms with Gasteiger partial charge in [-0.1, -0.05) is 49.0 Å². The van der Waals surface area contributed by atoms with E-state index in [0.29, 0.717) is 30.2 Å². The van der Waals surface area contributed by atoms with Crippen molar-refractivity contribution >= 4 is 23.2 Å². The molecular weight excluding hydrogens is 414 g/mol. The summed E-state index contributed by atoms with van der Waals surface area (Å²) in [6.45, 7) is 6.75. The first-order valence-corrected chi connectivity index (χ1v) is 10.7. The average molecular weight is 444 g/mol. The van der Waals surface area contributed by atoms with Crippen molar-refractivity contribution in [1.82, 2.24) is 4.90 Å². The molecule has 0 unspecified atom stereocenters. The first-order valence-electron chi connectivity index (χ1n) is 10.7. The fourth-order valence-corrected chi connectivity index (χ4v) is 3.17. The van der Waals surface area contributed by atoms with E-state index in [1.807, 2.05) is 61.5 Å². The zero-order valence-electron chi connectivity index (χ0n) is 19.0. The third-order valence-corrected chi connectivity index (χ3v) is 4.77. The van der Waals surface area contributed by atoms with Crippen LogP contribution in [-0.2, 0) is 11.3 Å². The highest BCUT2D eigenvalue weighted by molar-refractivity contribution is 5.98. The lowest BCUT2D eigenvalue weighted by molar-refractivity contribution is -0.114. The molecule has 0 saturated carbocycles. The Balaban J connectivity index is 1.54. The summed E-state index contributed by atoms with van der Waals surface area (Å²) in [4.78, 5) is 26.9. The highest BCUT2D eigenvalue weighted by Crippen LogP contribution is 2.18. The van der Waals surface area contributed by atoms with Gasteiger partial charge in [-0.05, 0) is 48.4 Å². The molecule has 170 valence electrons. The van der Waals surface area contributed by atoms with E-state index in [-0.39, 0.29) is 18.4 Å². The van der Waals surface area contributed by atoms with Crippen LogP contribution in [0, 0.1) is 0 Å². The van der Waals surface area contributed by atoms with Gasteiger partial charge >= 0.3 is 0 Å². The molecule has 0 heterocycles. The van der Waals surface area contributed by atoms with Crippen LogP contribution in [0.15, 0.2) is 91.0 Å². The van der Waals surface area contributed by atoms with Crippen LogP contribution in [-0.4, -0.2) is 36.9 Å². The molecule has 0 fully saturated rings. The summed E-state index contributed by atoms with van der Waals surface area (Å²) in [6.07, 6.45) is 0. The fraction of sp³-hybridized carbons (Fsp3) is 0.185. The Bertz CT molecular complexity index is 1110. The molecule has 0 aliphatic heterocycles. The number of nitrogens with one attached hydrogen (secondary N) is 2. The highest BCUT2D eigenvalue weighted by atomic mass is 16.5. The largest absolute Gasteiger partial charge is 0.489 e. The number of rotatable bonds is 10. The summed E-state index contributed by atoms with van der Waals surface area (Å²) in [5.74, 6) is 0.374. The van der Waals surface area contributed by atoms with Gasteiger partial charge in [0.15, 0.2) is 0 Å². The van der Waals surface area contributed by atoms with Crippen LogP contribution in [0.2, 0.25) is 0 Å². The minimum Gasteiger partial charge on any atom is -0.489 e. The van der Waals surface area contributed by atoms with Gasteiger partial charge < -0.3 is 20.3 Å². The lowest BCUT2D eigenvalue weighted by Crippen LogP contribution is -2.26. The summed E-state index contributed by atoms with van der Waals surface area (Å²) in [6, 6.07) is 24.2. The van der Waals surface area contributed by atoms with Gasteiger partial charge in [-0.15, -0.1) is 0 Å². The third-order valence-electron chi connectivity index (χ3n) is 4.77. The van der Waals surface area contributed by atoms with Crippen LogP contribution < -0.4 is 15.4 Å². The second kappa shape index (κ2) is 11.5. The quantitative estimate of drug-likeness (QED) is 0.434. The van der Waals surface area contributed by atoms with E-state index >= 15 is 0 Å². The SMILES string of the molecule is C=C(C)COc1cccc(NCC(=O)Nc2cccc(C(=O)N(C)Cc3ccccc3)c2)c1. The van der Waals surface area contributed by atoms with Crippen molar-refractivity contribution in [2.24, 2.45) is 0 Å². The van der Waals surface area contributed by atoms with Gasteiger partial charge in [-0.3, -0.25) is 9.59 Å². The molecule has 0 saturated heterocycles. The smallest absolute Gasteiger partial charge is 0.253 e. The Morgan fingerprint density at radius 3 is 2.42 bits per heavy atom. The Morgan fingerprint density at radius 1 is 0.939 bits per heavy atom. The first kappa shape index (κ1) is 23.6. The van der Waals surface area contributed by atoms with Crippen LogP contribution in [0.5, 0.6) is 5.75 Å². The van der Waals surface area contributed by atoms with Crippen molar-refractivity contribution in [1.29, 1.82) is 0 Å². The molecule has 0 aliphatic carbocycles. The summed E-state index contributed by atoms with van der Waals surface area (Å²) in [5.41, 5.74) is 3.84. The van der Waals surface area contributed by atoms with Crippen molar-refractivity contribution in [3.05, 3.63) is 102 Å². The van der Waals surface area contributed by atoms with Gasteiger partial charge in [-0.25, -0.2) is 0 Å². The lowest BCUT2D eigenvalue weighted by atomic mass is 10.1. The van der Waals surface area contributed by atoms with E-state index in [2.05, 4.69) is 17.2 Å². The lowest BCUT2D eigenvalue weighted by Gasteiger charge is -2.18. The van der Waals surface area contributed by atoms with Crippen molar-refractivity contribution in [2.45, 2.75) is 13.5 Å². The maximum atomic E-state index is 12.8. The number of ether oxygens (including phenoxy) is 1. The normalized spacial score (nSPS) is 10.2. The second-order valence-electron chi connectivity index (χ2n) is 7.90. The van der Waals surface area contributed by atoms with Crippen LogP contribution >= 0.6 is 0 Å². The summed E-state index contributed by atoms with van der Waals surface area (Å²) in [7, 11) is 1.76. The van der Waals surface area contributed by atoms with Crippen molar-refractivity contribution in [2.75, 3.05) is 30.8 Å². The van der Waals surface area contributed by atoms with Gasteiger partial charge in [0.05, 0.1) is 6.54 Å². The van der Waals surface area contributed by atoms with Crippen molar-refractivity contribution in [3.8, 4) is 5.75 Å². The number of carbonyl (C=O) groups is 2. The maximum Gasteiger partial charge on any atom is 0.253 e. The fourth-order valence-electron chi connectivity index (χ4n) is 3.17. The number of benzene rings is 3. The number of carbonyl (C=O) groups excluding carboxylic acids is 2. The topological polar surface area (TPSA) is 70.7 Å². The molecule has 0 bridgehead atoms. The van der Waals surface area contributed by atoms with E-state index in [1.165, 1.54) is 0 Å². The monoisotopic (exact) mass is 443 g/mol. The van der Waals surface area contributed by atoms with Gasteiger partial charge in [0.1, 0.15) is 12.4 Å². The minimum atomic E-state index is -0.217. The standard InChI is InChI=1S/C27H29N3O3/c1-20(2)19-33-25-14-8-12-23(16-25)28-17-26(31)29-24-13-7-11-22(15-24)27(32)30(3)18-21-9-5-4-6-10-21/h4-16,28H,1,17-19H2,2-3H3,(H,29,31). The van der Waals surface area contributed by atoms with Gasteiger partial charge in [0.2, 0.25) is 5.91 Å². The molecule has 0 radical (unpaired) electrons. The van der Waals surface area contributed by atoms with E-state index < -0.39 is 0 Å². The maximum absolute atomic E-state index is 12.8. The van der Waals surface area contributed by atoms with Gasteiger partial charge in [-0.2, -0.15) is 0 Å². The van der Waals surface area contributed by atoms with E-state index in [1.54, 1.807) is 36.2 Å². The summed E-state index contributed by atoms with van der Waals surface area (Å²) in [5, 5.41) is 5.92. The Hall–Kier alpha value is -4.06. The van der Waals surface area contributed by atoms with E-state index in [9.17, 15) is 9.59 Å². The number of hydrogen-bond acceptors (Lipinski definition) is 4. The van der Waals surface area contributed by atoms with Crippen LogP contribution in [0.3, 0.4) is 0 Å². The van der Waals surface area contributed by atoms with E-state index in [0.717, 1.165) is 16.8 Å². The third kappa shape index (κ3) is 7.54. The zero-order valence-corrected chi connectivity index (χ0v) is 19.0. The molecule has 33 heavy (non-hydrogen) atoms. The summed E-state index contributed by atoms with van der Waals surface area (Å²) >= 11 is 0. The molecule has 3 rings (SSSR count). The van der Waals surface area contributed by atoms with Crippen LogP contribution in [0.1, 0.15) is 22.8 Å². The molecule has 3 aromatic carbocycles.